The summed E-state index contributed by atoms with van der Waals surface area (Å²) in [5.41, 5.74) is 1.58. The number of carbonyl (C=O) groups excluding carboxylic acids is 1. The van der Waals surface area contributed by atoms with E-state index in [0.717, 1.165) is 35.7 Å². The van der Waals surface area contributed by atoms with Crippen molar-refractivity contribution < 1.29 is 9.53 Å². The Hall–Kier alpha value is -3.35. The van der Waals surface area contributed by atoms with Crippen molar-refractivity contribution in [3.8, 4) is 11.4 Å². The number of rotatable bonds is 9. The van der Waals surface area contributed by atoms with Crippen molar-refractivity contribution in [1.82, 2.24) is 19.7 Å². The molecule has 7 heteroatoms. The van der Waals surface area contributed by atoms with E-state index >= 15 is 0 Å². The van der Waals surface area contributed by atoms with Gasteiger partial charge >= 0.3 is 5.69 Å². The van der Waals surface area contributed by atoms with E-state index < -0.39 is 0 Å². The Morgan fingerprint density at radius 3 is 2.53 bits per heavy atom. The second-order valence-corrected chi connectivity index (χ2v) is 7.41. The zero-order valence-electron chi connectivity index (χ0n) is 17.1. The fraction of sp³-hybridized carbons (Fsp3) is 0.348. The Labute approximate surface area is 175 Å². The first kappa shape index (κ1) is 19.9. The molecule has 1 fully saturated rings. The molecule has 0 atom stereocenters. The number of hydrogen-bond donors (Lipinski definition) is 1. The molecular weight excluding hydrogens is 380 g/mol. The standard InChI is InChI=1S/C23H26N4O3/c1-2-30-20-12-8-17(9-13-20)16-21(28)24-14-15-26-23(29)27(19-6-4-3-5-7-19)22(25-26)18-10-11-18/h3-9,12-13,18H,2,10-11,14-16H2,1H3,(H,24,28). The maximum atomic E-state index is 12.9. The number of nitrogens with zero attached hydrogens (tertiary/aromatic N) is 3. The molecule has 1 heterocycles. The van der Waals surface area contributed by atoms with Gasteiger partial charge in [-0.2, -0.15) is 5.10 Å². The summed E-state index contributed by atoms with van der Waals surface area (Å²) >= 11 is 0. The molecule has 30 heavy (non-hydrogen) atoms. The van der Waals surface area contributed by atoms with E-state index in [1.54, 1.807) is 4.57 Å². The first-order chi connectivity index (χ1) is 14.7. The van der Waals surface area contributed by atoms with E-state index in [4.69, 9.17) is 4.74 Å². The highest BCUT2D eigenvalue weighted by molar-refractivity contribution is 5.78. The van der Waals surface area contributed by atoms with Gasteiger partial charge in [0.25, 0.3) is 0 Å². The van der Waals surface area contributed by atoms with Crippen LogP contribution in [0.4, 0.5) is 0 Å². The minimum Gasteiger partial charge on any atom is -0.494 e. The molecule has 4 rings (SSSR count). The second kappa shape index (κ2) is 8.98. The molecular formula is C23H26N4O3. The van der Waals surface area contributed by atoms with Crippen LogP contribution in [0.3, 0.4) is 0 Å². The van der Waals surface area contributed by atoms with Gasteiger partial charge in [-0.25, -0.2) is 14.0 Å². The largest absolute Gasteiger partial charge is 0.494 e. The quantitative estimate of drug-likeness (QED) is 0.593. The van der Waals surface area contributed by atoms with Crippen LogP contribution >= 0.6 is 0 Å². The normalized spacial score (nSPS) is 13.2. The third-order valence-electron chi connectivity index (χ3n) is 5.07. The number of carbonyl (C=O) groups is 1. The van der Waals surface area contributed by atoms with Gasteiger partial charge in [0.15, 0.2) is 0 Å². The van der Waals surface area contributed by atoms with Gasteiger partial charge < -0.3 is 10.1 Å². The van der Waals surface area contributed by atoms with Crippen LogP contribution in [-0.4, -0.2) is 33.4 Å². The van der Waals surface area contributed by atoms with E-state index in [1.807, 2.05) is 61.5 Å². The molecule has 1 saturated carbocycles. The Bertz CT molecular complexity index is 1050. The predicted molar refractivity (Wildman–Crippen MR) is 114 cm³/mol. The molecule has 0 radical (unpaired) electrons. The van der Waals surface area contributed by atoms with Crippen LogP contribution in [-0.2, 0) is 17.8 Å². The maximum Gasteiger partial charge on any atom is 0.350 e. The van der Waals surface area contributed by atoms with Crippen molar-refractivity contribution >= 4 is 5.91 Å². The lowest BCUT2D eigenvalue weighted by molar-refractivity contribution is -0.120. The van der Waals surface area contributed by atoms with Crippen molar-refractivity contribution in [2.45, 2.75) is 38.6 Å². The first-order valence-corrected chi connectivity index (χ1v) is 10.4. The topological polar surface area (TPSA) is 78.2 Å². The van der Waals surface area contributed by atoms with Gasteiger partial charge in [0.05, 0.1) is 25.3 Å². The minimum absolute atomic E-state index is 0.0860. The third kappa shape index (κ3) is 4.62. The highest BCUT2D eigenvalue weighted by Crippen LogP contribution is 2.39. The Balaban J connectivity index is 1.37. The number of para-hydroxylation sites is 1. The lowest BCUT2D eigenvalue weighted by Crippen LogP contribution is -2.32. The predicted octanol–water partition coefficient (Wildman–Crippen LogP) is 2.67. The van der Waals surface area contributed by atoms with E-state index in [2.05, 4.69) is 10.4 Å². The van der Waals surface area contributed by atoms with Crippen LogP contribution in [0.2, 0.25) is 0 Å². The smallest absolute Gasteiger partial charge is 0.350 e. The second-order valence-electron chi connectivity index (χ2n) is 7.41. The lowest BCUT2D eigenvalue weighted by Gasteiger charge is -2.06. The lowest BCUT2D eigenvalue weighted by atomic mass is 10.1. The van der Waals surface area contributed by atoms with Gasteiger partial charge in [0.2, 0.25) is 5.91 Å². The summed E-state index contributed by atoms with van der Waals surface area (Å²) in [4.78, 5) is 25.2. The average Bonchev–Trinajstić information content (AvgIpc) is 3.55. The minimum atomic E-state index is -0.163. The zero-order chi connectivity index (χ0) is 20.9. The highest BCUT2D eigenvalue weighted by Gasteiger charge is 2.31. The molecule has 1 amide bonds. The monoisotopic (exact) mass is 406 g/mol. The van der Waals surface area contributed by atoms with Crippen molar-refractivity contribution in [3.63, 3.8) is 0 Å². The molecule has 156 valence electrons. The van der Waals surface area contributed by atoms with Gasteiger partial charge in [0.1, 0.15) is 11.6 Å². The van der Waals surface area contributed by atoms with Crippen LogP contribution in [0.5, 0.6) is 5.75 Å². The summed E-state index contributed by atoms with van der Waals surface area (Å²) < 4.78 is 8.56. The van der Waals surface area contributed by atoms with Crippen LogP contribution < -0.4 is 15.7 Å². The summed E-state index contributed by atoms with van der Waals surface area (Å²) in [7, 11) is 0. The number of aromatic nitrogens is 3. The molecule has 2 aromatic carbocycles. The Morgan fingerprint density at radius 2 is 1.87 bits per heavy atom. The number of hydrogen-bond acceptors (Lipinski definition) is 4. The molecule has 1 aromatic heterocycles. The van der Waals surface area contributed by atoms with Crippen LogP contribution in [0.1, 0.15) is 37.1 Å². The summed E-state index contributed by atoms with van der Waals surface area (Å²) in [6, 6.07) is 17.1. The maximum absolute atomic E-state index is 12.9. The van der Waals surface area contributed by atoms with Crippen LogP contribution in [0.15, 0.2) is 59.4 Å². The van der Waals surface area contributed by atoms with Crippen LogP contribution in [0, 0.1) is 0 Å². The number of ether oxygens (including phenoxy) is 1. The van der Waals surface area contributed by atoms with Gasteiger partial charge in [-0.3, -0.25) is 4.79 Å². The number of amides is 1. The van der Waals surface area contributed by atoms with Crippen molar-refractivity contribution in [1.29, 1.82) is 0 Å². The third-order valence-corrected chi connectivity index (χ3v) is 5.07. The van der Waals surface area contributed by atoms with Crippen molar-refractivity contribution in [2.75, 3.05) is 13.2 Å². The Kier molecular flexibility index (Phi) is 5.97. The fourth-order valence-corrected chi connectivity index (χ4v) is 3.42. The van der Waals surface area contributed by atoms with Gasteiger partial charge in [-0.05, 0) is 49.6 Å². The summed E-state index contributed by atoms with van der Waals surface area (Å²) in [6.07, 6.45) is 2.40. The molecule has 7 nitrogen and oxygen atoms in total. The molecule has 1 aliphatic carbocycles. The zero-order valence-corrected chi connectivity index (χ0v) is 17.1. The van der Waals surface area contributed by atoms with Crippen molar-refractivity contribution in [2.24, 2.45) is 0 Å². The van der Waals surface area contributed by atoms with E-state index in [0.29, 0.717) is 25.6 Å². The molecule has 0 aliphatic heterocycles. The summed E-state index contributed by atoms with van der Waals surface area (Å²) in [5.74, 6) is 1.86. The van der Waals surface area contributed by atoms with E-state index in [9.17, 15) is 9.59 Å². The SMILES string of the molecule is CCOc1ccc(CC(=O)NCCn2nc(C3CC3)n(-c3ccccc3)c2=O)cc1. The Morgan fingerprint density at radius 1 is 1.13 bits per heavy atom. The van der Waals surface area contributed by atoms with Gasteiger partial charge in [-0.15, -0.1) is 0 Å². The molecule has 1 aliphatic rings. The summed E-state index contributed by atoms with van der Waals surface area (Å²) in [5, 5.41) is 7.44. The fourth-order valence-electron chi connectivity index (χ4n) is 3.42. The van der Waals surface area contributed by atoms with Gasteiger partial charge in [-0.1, -0.05) is 30.3 Å². The molecule has 1 N–H and O–H groups in total. The number of nitrogens with one attached hydrogen (secondary N) is 1. The van der Waals surface area contributed by atoms with E-state index in [1.165, 1.54) is 4.68 Å². The number of benzene rings is 2. The van der Waals surface area contributed by atoms with Crippen molar-refractivity contribution in [3.05, 3.63) is 76.5 Å². The molecule has 3 aromatic rings. The van der Waals surface area contributed by atoms with Gasteiger partial charge in [0, 0.05) is 12.5 Å². The molecule has 0 bridgehead atoms. The average molecular weight is 406 g/mol. The van der Waals surface area contributed by atoms with Crippen LogP contribution in [0.25, 0.3) is 5.69 Å². The highest BCUT2D eigenvalue weighted by atomic mass is 16.5. The summed E-state index contributed by atoms with van der Waals surface area (Å²) in [6.45, 7) is 3.24. The molecule has 0 spiro atoms. The molecule has 0 saturated heterocycles. The first-order valence-electron chi connectivity index (χ1n) is 10.4. The van der Waals surface area contributed by atoms with E-state index in [-0.39, 0.29) is 18.0 Å². The molecule has 0 unspecified atom stereocenters.